The fourth-order valence-electron chi connectivity index (χ4n) is 2.29. The van der Waals surface area contributed by atoms with Gasteiger partial charge in [-0.25, -0.2) is 0 Å². The molecule has 0 spiro atoms. The number of nitrogens with zero attached hydrogens (tertiary/aromatic N) is 1. The van der Waals surface area contributed by atoms with E-state index in [0.717, 1.165) is 29.4 Å². The topological polar surface area (TPSA) is 12.5 Å². The van der Waals surface area contributed by atoms with Crippen LogP contribution in [0.15, 0.2) is 22.7 Å². The minimum absolute atomic E-state index is 0.702. The van der Waals surface area contributed by atoms with Crippen molar-refractivity contribution in [3.8, 4) is 5.75 Å². The van der Waals surface area contributed by atoms with Gasteiger partial charge in [-0.3, -0.25) is 4.90 Å². The minimum atomic E-state index is 0.702. The van der Waals surface area contributed by atoms with Gasteiger partial charge in [-0.05, 0) is 46.5 Å². The average molecular weight is 333 g/mol. The second kappa shape index (κ2) is 6.78. The van der Waals surface area contributed by atoms with Crippen LogP contribution in [0.25, 0.3) is 0 Å². The zero-order valence-electron chi connectivity index (χ0n) is 10.7. The second-order valence-corrected chi connectivity index (χ2v) is 5.95. The third-order valence-corrected chi connectivity index (χ3v) is 4.35. The molecule has 1 aliphatic carbocycles. The van der Waals surface area contributed by atoms with Gasteiger partial charge in [0.15, 0.2) is 0 Å². The van der Waals surface area contributed by atoms with Gasteiger partial charge in [-0.1, -0.05) is 12.5 Å². The third kappa shape index (κ3) is 3.40. The third-order valence-electron chi connectivity index (χ3n) is 3.56. The first-order valence-corrected chi connectivity index (χ1v) is 7.69. The molecule has 0 aliphatic heterocycles. The molecule has 0 amide bonds. The van der Waals surface area contributed by atoms with E-state index in [9.17, 15) is 0 Å². The Bertz CT molecular complexity index is 395. The monoisotopic (exact) mass is 331 g/mol. The van der Waals surface area contributed by atoms with E-state index in [1.165, 1.54) is 24.8 Å². The molecule has 1 aromatic rings. The molecule has 2 rings (SSSR count). The molecule has 0 N–H and O–H groups in total. The highest BCUT2D eigenvalue weighted by Crippen LogP contribution is 2.29. The predicted molar refractivity (Wildman–Crippen MR) is 79.5 cm³/mol. The van der Waals surface area contributed by atoms with Crippen molar-refractivity contribution in [2.75, 3.05) is 19.5 Å². The maximum atomic E-state index is 5.90. The van der Waals surface area contributed by atoms with Crippen LogP contribution < -0.4 is 4.74 Å². The predicted octanol–water partition coefficient (Wildman–Crippen LogP) is 4.05. The van der Waals surface area contributed by atoms with Crippen LogP contribution in [0.5, 0.6) is 5.75 Å². The highest BCUT2D eigenvalue weighted by Gasteiger charge is 2.24. The Balaban J connectivity index is 2.03. The van der Waals surface area contributed by atoms with Gasteiger partial charge in [0, 0.05) is 25.0 Å². The molecule has 0 bridgehead atoms. The van der Waals surface area contributed by atoms with Crippen molar-refractivity contribution < 1.29 is 4.74 Å². The smallest absolute Gasteiger partial charge is 0.133 e. The van der Waals surface area contributed by atoms with Gasteiger partial charge in [0.2, 0.25) is 0 Å². The van der Waals surface area contributed by atoms with Crippen LogP contribution >= 0.6 is 27.5 Å². The lowest BCUT2D eigenvalue weighted by molar-refractivity contribution is 0.127. The number of alkyl halides is 1. The minimum Gasteiger partial charge on any atom is -0.496 e. The molecule has 0 saturated heterocycles. The molecule has 0 radical (unpaired) electrons. The van der Waals surface area contributed by atoms with E-state index in [-0.39, 0.29) is 0 Å². The molecule has 1 aromatic carbocycles. The number of halogens is 2. The maximum Gasteiger partial charge on any atom is 0.133 e. The normalized spacial score (nSPS) is 15.8. The highest BCUT2D eigenvalue weighted by atomic mass is 79.9. The molecule has 1 aliphatic rings. The summed E-state index contributed by atoms with van der Waals surface area (Å²) >= 11 is 9.43. The number of ether oxygens (including phenoxy) is 1. The van der Waals surface area contributed by atoms with Crippen molar-refractivity contribution >= 4 is 27.5 Å². The number of benzene rings is 1. The molecule has 1 saturated carbocycles. The van der Waals surface area contributed by atoms with Crippen molar-refractivity contribution in [3.05, 3.63) is 28.2 Å². The van der Waals surface area contributed by atoms with Crippen LogP contribution in [0.3, 0.4) is 0 Å². The summed E-state index contributed by atoms with van der Waals surface area (Å²) in [5.41, 5.74) is 1.31. The molecule has 0 atom stereocenters. The summed E-state index contributed by atoms with van der Waals surface area (Å²) in [6.45, 7) is 1.94. The standard InChI is InChI=1S/C14H19BrClNO/c1-18-14-6-5-11(9-13(14)15)10-17(8-7-16)12-3-2-4-12/h5-6,9,12H,2-4,7-8,10H2,1H3. The molecule has 0 heterocycles. The summed E-state index contributed by atoms with van der Waals surface area (Å²) in [5.74, 6) is 1.58. The molecular weight excluding hydrogens is 314 g/mol. The van der Waals surface area contributed by atoms with Crippen molar-refractivity contribution in [2.45, 2.75) is 31.8 Å². The van der Waals surface area contributed by atoms with Crippen LogP contribution in [0.4, 0.5) is 0 Å². The SMILES string of the molecule is COc1ccc(CN(CCCl)C2CCC2)cc1Br. The van der Waals surface area contributed by atoms with Crippen LogP contribution in [-0.4, -0.2) is 30.5 Å². The molecule has 0 unspecified atom stereocenters. The molecule has 100 valence electrons. The average Bonchev–Trinajstić information content (AvgIpc) is 2.27. The summed E-state index contributed by atoms with van der Waals surface area (Å²) in [7, 11) is 1.69. The molecule has 1 fully saturated rings. The molecule has 0 aromatic heterocycles. The lowest BCUT2D eigenvalue weighted by Gasteiger charge is -2.37. The fraction of sp³-hybridized carbons (Fsp3) is 0.571. The molecule has 18 heavy (non-hydrogen) atoms. The molecule has 4 heteroatoms. The second-order valence-electron chi connectivity index (χ2n) is 4.71. The Kier molecular flexibility index (Phi) is 5.34. The summed E-state index contributed by atoms with van der Waals surface area (Å²) in [4.78, 5) is 2.49. The van der Waals surface area contributed by atoms with Gasteiger partial charge in [-0.2, -0.15) is 0 Å². The largest absolute Gasteiger partial charge is 0.496 e. The van der Waals surface area contributed by atoms with E-state index in [1.807, 2.05) is 6.07 Å². The first-order chi connectivity index (χ1) is 8.74. The van der Waals surface area contributed by atoms with Crippen LogP contribution in [0.1, 0.15) is 24.8 Å². The van der Waals surface area contributed by atoms with Crippen molar-refractivity contribution in [1.82, 2.24) is 4.90 Å². The van der Waals surface area contributed by atoms with Crippen molar-refractivity contribution in [3.63, 3.8) is 0 Å². The number of rotatable bonds is 6. The Morgan fingerprint density at radius 3 is 2.72 bits per heavy atom. The van der Waals surface area contributed by atoms with Crippen LogP contribution in [0.2, 0.25) is 0 Å². The van der Waals surface area contributed by atoms with Gasteiger partial charge in [0.25, 0.3) is 0 Å². The fourth-order valence-corrected chi connectivity index (χ4v) is 3.10. The Morgan fingerprint density at radius 1 is 1.44 bits per heavy atom. The number of hydrogen-bond donors (Lipinski definition) is 0. The number of hydrogen-bond acceptors (Lipinski definition) is 2. The molecule has 2 nitrogen and oxygen atoms in total. The van der Waals surface area contributed by atoms with E-state index in [1.54, 1.807) is 7.11 Å². The summed E-state index contributed by atoms with van der Waals surface area (Å²) < 4.78 is 6.27. The molecular formula is C14H19BrClNO. The number of methoxy groups -OCH3 is 1. The van der Waals surface area contributed by atoms with Gasteiger partial charge in [-0.15, -0.1) is 11.6 Å². The van der Waals surface area contributed by atoms with Gasteiger partial charge in [0.1, 0.15) is 5.75 Å². The first kappa shape index (κ1) is 14.2. The zero-order chi connectivity index (χ0) is 13.0. The van der Waals surface area contributed by atoms with Gasteiger partial charge >= 0.3 is 0 Å². The summed E-state index contributed by atoms with van der Waals surface area (Å²) in [6.07, 6.45) is 3.98. The van der Waals surface area contributed by atoms with E-state index in [0.29, 0.717) is 5.88 Å². The van der Waals surface area contributed by atoms with E-state index < -0.39 is 0 Å². The van der Waals surface area contributed by atoms with Crippen molar-refractivity contribution in [1.29, 1.82) is 0 Å². The quantitative estimate of drug-likeness (QED) is 0.729. The lowest BCUT2D eigenvalue weighted by Crippen LogP contribution is -2.40. The summed E-state index contributed by atoms with van der Waals surface area (Å²) in [6, 6.07) is 7.01. The Hall–Kier alpha value is -0.250. The summed E-state index contributed by atoms with van der Waals surface area (Å²) in [5, 5.41) is 0. The van der Waals surface area contributed by atoms with E-state index in [4.69, 9.17) is 16.3 Å². The maximum absolute atomic E-state index is 5.90. The van der Waals surface area contributed by atoms with Crippen LogP contribution in [-0.2, 0) is 6.54 Å². The Labute approximate surface area is 122 Å². The highest BCUT2D eigenvalue weighted by molar-refractivity contribution is 9.10. The lowest BCUT2D eigenvalue weighted by atomic mass is 9.91. The van der Waals surface area contributed by atoms with Gasteiger partial charge in [0.05, 0.1) is 11.6 Å². The van der Waals surface area contributed by atoms with Crippen molar-refractivity contribution in [2.24, 2.45) is 0 Å². The van der Waals surface area contributed by atoms with Gasteiger partial charge < -0.3 is 4.74 Å². The first-order valence-electron chi connectivity index (χ1n) is 6.37. The Morgan fingerprint density at radius 2 is 2.22 bits per heavy atom. The zero-order valence-corrected chi connectivity index (χ0v) is 13.0. The van der Waals surface area contributed by atoms with E-state index >= 15 is 0 Å². The van der Waals surface area contributed by atoms with Crippen LogP contribution in [0, 0.1) is 0 Å². The van der Waals surface area contributed by atoms with E-state index in [2.05, 4.69) is 33.0 Å².